The second-order valence-electron chi connectivity index (χ2n) is 10.1. The molecule has 1 atom stereocenters. The lowest BCUT2D eigenvalue weighted by Gasteiger charge is -2.20. The van der Waals surface area contributed by atoms with E-state index in [2.05, 4.69) is 41.2 Å². The molecule has 0 saturated carbocycles. The van der Waals surface area contributed by atoms with E-state index in [1.807, 2.05) is 24.3 Å². The zero-order valence-electron chi connectivity index (χ0n) is 24.4. The molecule has 0 unspecified atom stereocenters. The van der Waals surface area contributed by atoms with E-state index < -0.39 is 17.8 Å². The summed E-state index contributed by atoms with van der Waals surface area (Å²) in [6, 6.07) is 20.8. The summed E-state index contributed by atoms with van der Waals surface area (Å²) in [5, 5.41) is 3.98. The average Bonchev–Trinajstić information content (AvgIpc) is 3.41. The average molecular weight is 703 g/mol. The van der Waals surface area contributed by atoms with E-state index in [1.165, 1.54) is 35.9 Å². The van der Waals surface area contributed by atoms with Crippen LogP contribution >= 0.6 is 27.3 Å². The Morgan fingerprint density at radius 2 is 1.76 bits per heavy atom. The van der Waals surface area contributed by atoms with E-state index in [-0.39, 0.29) is 31.3 Å². The molecule has 0 aliphatic rings. The molecule has 0 bridgehead atoms. The quantitative estimate of drug-likeness (QED) is 0.136. The van der Waals surface area contributed by atoms with Gasteiger partial charge in [0.1, 0.15) is 47.0 Å². The van der Waals surface area contributed by atoms with E-state index in [1.54, 1.807) is 49.5 Å². The highest BCUT2D eigenvalue weighted by Crippen LogP contribution is 2.44. The molecule has 0 spiro atoms. The summed E-state index contributed by atoms with van der Waals surface area (Å²) >= 11 is 5.12. The van der Waals surface area contributed by atoms with Crippen LogP contribution in [-0.4, -0.2) is 38.6 Å². The van der Waals surface area contributed by atoms with Gasteiger partial charge in [-0.2, -0.15) is 0 Å². The molecule has 0 aliphatic carbocycles. The van der Waals surface area contributed by atoms with Crippen LogP contribution in [-0.2, 0) is 22.6 Å². The number of benzene rings is 3. The maximum atomic E-state index is 14.3. The number of fused-ring (bicyclic) bond motifs is 1. The fourth-order valence-electron chi connectivity index (χ4n) is 4.83. The molecule has 1 N–H and O–H groups in total. The predicted octanol–water partition coefficient (Wildman–Crippen LogP) is 8.02. The van der Waals surface area contributed by atoms with Crippen LogP contribution in [0.25, 0.3) is 32.0 Å². The first-order valence-electron chi connectivity index (χ1n) is 14.3. The standard InChI is InChI=1S/C34H26BrF2N5O3S/c1-2-44-34(43)26(42-32-28-29(35)30(46-33(28)40-19-39-32)20-11-13-22(36)14-12-20)17-21-7-3-6-10-27(21)45-18-23-15-16-38-31(41-23)24-8-4-5-9-25(24)37/h3-16,19,26H,2,17-18H2,1H3,(H,39,40,42)/t26-/m1/s1. The van der Waals surface area contributed by atoms with Crippen LogP contribution in [0.5, 0.6) is 5.75 Å². The Bertz CT molecular complexity index is 2010. The van der Waals surface area contributed by atoms with E-state index >= 15 is 0 Å². The highest BCUT2D eigenvalue weighted by atomic mass is 79.9. The molecule has 232 valence electrons. The molecule has 0 radical (unpaired) electrons. The van der Waals surface area contributed by atoms with Crippen LogP contribution in [0, 0.1) is 11.6 Å². The van der Waals surface area contributed by atoms with Gasteiger partial charge in [0, 0.05) is 17.1 Å². The maximum Gasteiger partial charge on any atom is 0.328 e. The van der Waals surface area contributed by atoms with Gasteiger partial charge in [-0.15, -0.1) is 11.3 Å². The van der Waals surface area contributed by atoms with Gasteiger partial charge in [0.25, 0.3) is 0 Å². The van der Waals surface area contributed by atoms with Crippen LogP contribution in [0.4, 0.5) is 14.6 Å². The second kappa shape index (κ2) is 14.1. The van der Waals surface area contributed by atoms with Gasteiger partial charge in [-0.3, -0.25) is 0 Å². The molecule has 0 fully saturated rings. The molecule has 6 rings (SSSR count). The van der Waals surface area contributed by atoms with Gasteiger partial charge in [-0.25, -0.2) is 33.5 Å². The number of ether oxygens (including phenoxy) is 2. The molecule has 6 aromatic rings. The number of para-hydroxylation sites is 1. The predicted molar refractivity (Wildman–Crippen MR) is 176 cm³/mol. The van der Waals surface area contributed by atoms with E-state index in [9.17, 15) is 13.6 Å². The monoisotopic (exact) mass is 701 g/mol. The van der Waals surface area contributed by atoms with Crippen LogP contribution in [0.2, 0.25) is 0 Å². The van der Waals surface area contributed by atoms with Crippen molar-refractivity contribution >= 4 is 49.3 Å². The number of nitrogens with one attached hydrogen (secondary N) is 1. The Kier molecular flexibility index (Phi) is 9.55. The number of nitrogens with zero attached hydrogens (tertiary/aromatic N) is 4. The first-order valence-corrected chi connectivity index (χ1v) is 15.9. The van der Waals surface area contributed by atoms with Crippen LogP contribution in [0.15, 0.2) is 95.9 Å². The third kappa shape index (κ3) is 6.87. The number of esters is 1. The molecule has 3 heterocycles. The number of carbonyl (C=O) groups is 1. The van der Waals surface area contributed by atoms with Gasteiger partial charge < -0.3 is 14.8 Å². The van der Waals surface area contributed by atoms with Gasteiger partial charge in [0.15, 0.2) is 5.82 Å². The Morgan fingerprint density at radius 1 is 0.978 bits per heavy atom. The molecule has 3 aromatic carbocycles. The van der Waals surface area contributed by atoms with Crippen LogP contribution < -0.4 is 10.1 Å². The molecule has 0 amide bonds. The minimum atomic E-state index is -0.824. The van der Waals surface area contributed by atoms with Crippen molar-refractivity contribution in [2.24, 2.45) is 0 Å². The van der Waals surface area contributed by atoms with E-state index in [0.29, 0.717) is 33.0 Å². The number of hydrogen-bond acceptors (Lipinski definition) is 9. The van der Waals surface area contributed by atoms with Crippen LogP contribution in [0.3, 0.4) is 0 Å². The number of carbonyl (C=O) groups excluding carboxylic acids is 1. The molecular formula is C34H26BrF2N5O3S. The Morgan fingerprint density at radius 3 is 2.57 bits per heavy atom. The normalized spacial score (nSPS) is 11.7. The van der Waals surface area contributed by atoms with E-state index in [0.717, 1.165) is 20.5 Å². The van der Waals surface area contributed by atoms with Crippen molar-refractivity contribution in [3.05, 3.63) is 119 Å². The molecule has 12 heteroatoms. The zero-order valence-corrected chi connectivity index (χ0v) is 26.8. The fourth-order valence-corrected chi connectivity index (χ4v) is 6.85. The lowest BCUT2D eigenvalue weighted by atomic mass is 10.0. The molecule has 8 nitrogen and oxygen atoms in total. The number of hydrogen-bond donors (Lipinski definition) is 1. The van der Waals surface area contributed by atoms with Gasteiger partial charge in [-0.1, -0.05) is 42.5 Å². The second-order valence-corrected chi connectivity index (χ2v) is 11.8. The highest BCUT2D eigenvalue weighted by Gasteiger charge is 2.25. The fraction of sp³-hybridized carbons (Fsp3) is 0.147. The molecule has 3 aromatic heterocycles. The van der Waals surface area contributed by atoms with Crippen molar-refractivity contribution in [2.45, 2.75) is 26.0 Å². The van der Waals surface area contributed by atoms with Crippen molar-refractivity contribution in [3.63, 3.8) is 0 Å². The summed E-state index contributed by atoms with van der Waals surface area (Å²) in [6.07, 6.45) is 3.21. The van der Waals surface area contributed by atoms with E-state index in [4.69, 9.17) is 9.47 Å². The number of thiophene rings is 1. The highest BCUT2D eigenvalue weighted by molar-refractivity contribution is 9.10. The summed E-state index contributed by atoms with van der Waals surface area (Å²) in [4.78, 5) is 32.4. The van der Waals surface area contributed by atoms with Crippen molar-refractivity contribution in [2.75, 3.05) is 11.9 Å². The van der Waals surface area contributed by atoms with Gasteiger partial charge in [0.05, 0.1) is 28.1 Å². The first kappa shape index (κ1) is 31.2. The minimum Gasteiger partial charge on any atom is -0.487 e. The Balaban J connectivity index is 1.25. The third-order valence-corrected chi connectivity index (χ3v) is 9.22. The van der Waals surface area contributed by atoms with Gasteiger partial charge >= 0.3 is 5.97 Å². The van der Waals surface area contributed by atoms with Gasteiger partial charge in [-0.05, 0) is 70.4 Å². The number of rotatable bonds is 11. The summed E-state index contributed by atoms with van der Waals surface area (Å²) in [5.74, 6) is 0.0591. The first-order chi connectivity index (χ1) is 22.4. The maximum absolute atomic E-state index is 14.3. The number of anilines is 1. The number of aromatic nitrogens is 4. The Hall–Kier alpha value is -4.81. The third-order valence-electron chi connectivity index (χ3n) is 7.02. The molecular weight excluding hydrogens is 676 g/mol. The van der Waals surface area contributed by atoms with Crippen molar-refractivity contribution < 1.29 is 23.0 Å². The Labute approximate surface area is 275 Å². The summed E-state index contributed by atoms with van der Waals surface area (Å²) < 4.78 is 40.2. The molecule has 46 heavy (non-hydrogen) atoms. The number of halogens is 3. The van der Waals surface area contributed by atoms with Crippen LogP contribution in [0.1, 0.15) is 18.2 Å². The minimum absolute atomic E-state index is 0.0963. The van der Waals surface area contributed by atoms with Gasteiger partial charge in [0.2, 0.25) is 0 Å². The van der Waals surface area contributed by atoms with Crippen molar-refractivity contribution in [1.29, 1.82) is 0 Å². The van der Waals surface area contributed by atoms with Crippen molar-refractivity contribution in [1.82, 2.24) is 19.9 Å². The lowest BCUT2D eigenvalue weighted by molar-refractivity contribution is -0.144. The summed E-state index contributed by atoms with van der Waals surface area (Å²) in [7, 11) is 0. The largest absolute Gasteiger partial charge is 0.487 e. The SMILES string of the molecule is CCOC(=O)[C@@H](Cc1ccccc1OCc1ccnc(-c2ccccc2F)n1)Nc1ncnc2sc(-c3ccc(F)cc3)c(Br)c12. The smallest absolute Gasteiger partial charge is 0.328 e. The zero-order chi connectivity index (χ0) is 32.0. The summed E-state index contributed by atoms with van der Waals surface area (Å²) in [6.45, 7) is 2.04. The molecule has 0 aliphatic heterocycles. The topological polar surface area (TPSA) is 99.1 Å². The molecule has 0 saturated heterocycles. The lowest BCUT2D eigenvalue weighted by Crippen LogP contribution is -2.34. The summed E-state index contributed by atoms with van der Waals surface area (Å²) in [5.41, 5.74) is 2.43. The van der Waals surface area contributed by atoms with Crippen molar-refractivity contribution in [3.8, 4) is 27.6 Å².